The Morgan fingerprint density at radius 1 is 0.327 bits per heavy atom. The molecule has 8 N–H and O–H groups in total. The van der Waals surface area contributed by atoms with E-state index in [1.54, 1.807) is 12.1 Å². The monoisotopic (exact) mass is 740 g/mol. The normalized spacial score (nSPS) is 11.3. The van der Waals surface area contributed by atoms with E-state index in [2.05, 4.69) is 0 Å². The predicted molar refractivity (Wildman–Crippen MR) is 214 cm³/mol. The van der Waals surface area contributed by atoms with E-state index in [-0.39, 0.29) is 58.8 Å². The fraction of sp³-hybridized carbons (Fsp3) is 0.234. The van der Waals surface area contributed by atoms with Gasteiger partial charge >= 0.3 is 0 Å². The number of hydrogen-bond acceptors (Lipinski definition) is 8. The molecule has 6 aromatic carbocycles. The van der Waals surface area contributed by atoms with Gasteiger partial charge in [0.1, 0.15) is 46.0 Å². The zero-order chi connectivity index (χ0) is 39.9. The first-order valence-corrected chi connectivity index (χ1v) is 18.3. The smallest absolute Gasteiger partial charge is 0.122 e. The van der Waals surface area contributed by atoms with Gasteiger partial charge in [-0.05, 0) is 138 Å². The molecule has 0 saturated heterocycles. The third-order valence-corrected chi connectivity index (χ3v) is 10.9. The highest BCUT2D eigenvalue weighted by atomic mass is 16.3. The van der Waals surface area contributed by atoms with Crippen LogP contribution in [0.25, 0.3) is 0 Å². The van der Waals surface area contributed by atoms with Gasteiger partial charge in [0.15, 0.2) is 0 Å². The van der Waals surface area contributed by atoms with Gasteiger partial charge in [0.2, 0.25) is 0 Å². The first-order valence-electron chi connectivity index (χ1n) is 18.3. The summed E-state index contributed by atoms with van der Waals surface area (Å²) >= 11 is 0. The Morgan fingerprint density at radius 2 is 0.673 bits per heavy atom. The van der Waals surface area contributed by atoms with Crippen LogP contribution in [-0.4, -0.2) is 40.9 Å². The average molecular weight is 741 g/mol. The number of phenols is 8. The molecule has 8 nitrogen and oxygen atoms in total. The Bertz CT molecular complexity index is 2290. The van der Waals surface area contributed by atoms with Crippen LogP contribution in [-0.2, 0) is 32.1 Å². The maximum absolute atomic E-state index is 11.4. The maximum atomic E-state index is 11.4. The first-order chi connectivity index (χ1) is 26.0. The van der Waals surface area contributed by atoms with E-state index in [1.165, 1.54) is 24.3 Å². The summed E-state index contributed by atoms with van der Waals surface area (Å²) in [7, 11) is 0. The molecule has 0 aliphatic rings. The number of phenolic OH excluding ortho intramolecular Hbond substituents is 8. The van der Waals surface area contributed by atoms with Gasteiger partial charge in [-0.25, -0.2) is 0 Å². The molecule has 6 aromatic rings. The third kappa shape index (κ3) is 7.99. The minimum Gasteiger partial charge on any atom is -0.508 e. The standard InChI is InChI=1S/C47H48O8/c1-24-11-30(15-36(44(24)52)19-32-7-9-38(48)22-42(32)50)17-40-28(5)34(13-26(3)46(40)54)21-35-14-27(4)47(55)41(29(35)6)18-31-12-25(2)45(53)37(16-31)20-33-8-10-39(49)23-43(33)51/h7-16,22-23,48-55H,17-21H2,1-6H3. The summed E-state index contributed by atoms with van der Waals surface area (Å²) in [5, 5.41) is 84.9. The van der Waals surface area contributed by atoms with Crippen molar-refractivity contribution in [2.24, 2.45) is 0 Å². The van der Waals surface area contributed by atoms with Crippen LogP contribution in [0.4, 0.5) is 0 Å². The SMILES string of the molecule is Cc1cc(Cc2c(C)c(Cc3cc(C)c(O)c(Cc4cc(C)c(O)c(Cc5ccc(O)cc5O)c4)c3C)cc(C)c2O)cc(Cc2ccc(O)cc2O)c1O. The zero-order valence-corrected chi connectivity index (χ0v) is 32.0. The zero-order valence-electron chi connectivity index (χ0n) is 32.0. The van der Waals surface area contributed by atoms with E-state index in [0.29, 0.717) is 52.6 Å². The molecule has 0 aromatic heterocycles. The molecule has 0 atom stereocenters. The lowest BCUT2D eigenvalue weighted by atomic mass is 9.86. The molecule has 0 heterocycles. The van der Waals surface area contributed by atoms with Gasteiger partial charge in [-0.15, -0.1) is 0 Å². The van der Waals surface area contributed by atoms with Crippen molar-refractivity contribution in [2.45, 2.75) is 73.6 Å². The lowest BCUT2D eigenvalue weighted by Crippen LogP contribution is -2.05. The third-order valence-electron chi connectivity index (χ3n) is 10.9. The van der Waals surface area contributed by atoms with Crippen molar-refractivity contribution < 1.29 is 40.9 Å². The fourth-order valence-corrected chi connectivity index (χ4v) is 7.66. The Morgan fingerprint density at radius 3 is 1.04 bits per heavy atom. The van der Waals surface area contributed by atoms with Crippen LogP contribution in [0.1, 0.15) is 89.0 Å². The highest BCUT2D eigenvalue weighted by Crippen LogP contribution is 2.38. The molecule has 0 bridgehead atoms. The van der Waals surface area contributed by atoms with Crippen LogP contribution in [0.15, 0.2) is 72.8 Å². The van der Waals surface area contributed by atoms with Crippen molar-refractivity contribution in [1.29, 1.82) is 0 Å². The molecule has 6 rings (SSSR count). The van der Waals surface area contributed by atoms with Crippen molar-refractivity contribution in [3.05, 3.63) is 162 Å². The Balaban J connectivity index is 1.31. The molecular weight excluding hydrogens is 693 g/mol. The van der Waals surface area contributed by atoms with E-state index < -0.39 is 0 Å². The highest BCUT2D eigenvalue weighted by molar-refractivity contribution is 5.58. The Hall–Kier alpha value is -6.28. The van der Waals surface area contributed by atoms with Crippen molar-refractivity contribution >= 4 is 0 Å². The number of rotatable bonds is 10. The van der Waals surface area contributed by atoms with E-state index >= 15 is 0 Å². The van der Waals surface area contributed by atoms with Crippen LogP contribution in [0.2, 0.25) is 0 Å². The second-order valence-electron chi connectivity index (χ2n) is 15.0. The highest BCUT2D eigenvalue weighted by Gasteiger charge is 2.20. The number of benzene rings is 6. The molecule has 0 unspecified atom stereocenters. The lowest BCUT2D eigenvalue weighted by Gasteiger charge is -2.20. The molecule has 0 spiro atoms. The Labute approximate surface area is 321 Å². The van der Waals surface area contributed by atoms with Gasteiger partial charge < -0.3 is 40.9 Å². The molecule has 0 aliphatic carbocycles. The van der Waals surface area contributed by atoms with Gasteiger partial charge in [0, 0.05) is 48.9 Å². The summed E-state index contributed by atoms with van der Waals surface area (Å²) in [5.74, 6) is 0.479. The van der Waals surface area contributed by atoms with Crippen molar-refractivity contribution in [3.63, 3.8) is 0 Å². The fourth-order valence-electron chi connectivity index (χ4n) is 7.66. The van der Waals surface area contributed by atoms with Crippen LogP contribution >= 0.6 is 0 Å². The number of hydrogen-bond donors (Lipinski definition) is 8. The summed E-state index contributed by atoms with van der Waals surface area (Å²) < 4.78 is 0. The molecular formula is C47H48O8. The largest absolute Gasteiger partial charge is 0.508 e. The quantitative estimate of drug-likeness (QED) is 0.0690. The lowest BCUT2D eigenvalue weighted by molar-refractivity contribution is 0.444. The van der Waals surface area contributed by atoms with Crippen LogP contribution < -0.4 is 0 Å². The topological polar surface area (TPSA) is 162 Å². The first kappa shape index (κ1) is 38.4. The summed E-state index contributed by atoms with van der Waals surface area (Å²) in [4.78, 5) is 0. The second-order valence-corrected chi connectivity index (χ2v) is 15.0. The number of aryl methyl sites for hydroxylation is 4. The second kappa shape index (κ2) is 15.2. The maximum Gasteiger partial charge on any atom is 0.122 e. The van der Waals surface area contributed by atoms with Crippen molar-refractivity contribution in [3.8, 4) is 46.0 Å². The molecule has 8 heteroatoms. The van der Waals surface area contributed by atoms with Gasteiger partial charge in [-0.2, -0.15) is 0 Å². The average Bonchev–Trinajstić information content (AvgIpc) is 3.12. The van der Waals surface area contributed by atoms with E-state index in [0.717, 1.165) is 55.6 Å². The number of aromatic hydroxyl groups is 8. The van der Waals surface area contributed by atoms with E-state index in [1.807, 2.05) is 77.9 Å². The van der Waals surface area contributed by atoms with Gasteiger partial charge in [0.25, 0.3) is 0 Å². The molecule has 0 aliphatic heterocycles. The van der Waals surface area contributed by atoms with Crippen LogP contribution in [0.5, 0.6) is 46.0 Å². The molecule has 0 radical (unpaired) electrons. The molecule has 0 saturated carbocycles. The summed E-state index contributed by atoms with van der Waals surface area (Å²) in [6.07, 6.45) is 1.88. The minimum absolute atomic E-state index is 0.0442. The molecule has 284 valence electrons. The van der Waals surface area contributed by atoms with Gasteiger partial charge in [0.05, 0.1) is 0 Å². The minimum atomic E-state index is -0.0584. The predicted octanol–water partition coefficient (Wildman–Crippen LogP) is 9.14. The van der Waals surface area contributed by atoms with Crippen LogP contribution in [0, 0.1) is 41.5 Å². The van der Waals surface area contributed by atoms with E-state index in [4.69, 9.17) is 0 Å². The molecule has 0 amide bonds. The summed E-state index contributed by atoms with van der Waals surface area (Å²) in [6, 6.07) is 20.4. The summed E-state index contributed by atoms with van der Waals surface area (Å²) in [6.45, 7) is 11.4. The summed E-state index contributed by atoms with van der Waals surface area (Å²) in [5.41, 5.74) is 12.5. The van der Waals surface area contributed by atoms with Crippen LogP contribution in [0.3, 0.4) is 0 Å². The van der Waals surface area contributed by atoms with Crippen molar-refractivity contribution in [2.75, 3.05) is 0 Å². The van der Waals surface area contributed by atoms with E-state index in [9.17, 15) is 40.9 Å². The van der Waals surface area contributed by atoms with Crippen molar-refractivity contribution in [1.82, 2.24) is 0 Å². The Kier molecular flexibility index (Phi) is 10.6. The molecule has 0 fully saturated rings. The van der Waals surface area contributed by atoms with Gasteiger partial charge in [-0.3, -0.25) is 0 Å². The molecule has 55 heavy (non-hydrogen) atoms. The van der Waals surface area contributed by atoms with Gasteiger partial charge in [-0.1, -0.05) is 48.5 Å².